The first-order valence-corrected chi connectivity index (χ1v) is 12.6. The van der Waals surface area contributed by atoms with Crippen LogP contribution in [0.5, 0.6) is 0 Å². The number of rotatable bonds is 9. The molecule has 2 aliphatic carbocycles. The highest BCUT2D eigenvalue weighted by atomic mass is 16.4. The Bertz CT molecular complexity index is 851. The summed E-state index contributed by atoms with van der Waals surface area (Å²) < 4.78 is 0. The number of nitrogens with one attached hydrogen (secondary N) is 3. The van der Waals surface area contributed by atoms with E-state index in [9.17, 15) is 34.2 Å². The Hall–Kier alpha value is -2.69. The van der Waals surface area contributed by atoms with Crippen molar-refractivity contribution in [2.75, 3.05) is 6.54 Å². The molecule has 3 aliphatic rings. The van der Waals surface area contributed by atoms with E-state index in [0.29, 0.717) is 12.8 Å². The van der Waals surface area contributed by atoms with Crippen molar-refractivity contribution in [1.29, 1.82) is 0 Å². The molecule has 1 saturated heterocycles. The number of aliphatic carboxylic acids is 1. The molecule has 0 spiro atoms. The number of amides is 4. The Balaban J connectivity index is 1.74. The van der Waals surface area contributed by atoms with Crippen LogP contribution in [0.1, 0.15) is 72.1 Å². The number of carboxylic acids is 1. The Kier molecular flexibility index (Phi) is 8.40. The van der Waals surface area contributed by atoms with Crippen LogP contribution < -0.4 is 16.0 Å². The molecule has 0 aromatic carbocycles. The van der Waals surface area contributed by atoms with Gasteiger partial charge in [0.15, 0.2) is 0 Å². The molecule has 0 unspecified atom stereocenters. The van der Waals surface area contributed by atoms with Gasteiger partial charge in [0.2, 0.25) is 23.6 Å². The lowest BCUT2D eigenvalue weighted by molar-refractivity contribution is -0.146. The third kappa shape index (κ3) is 6.31. The highest BCUT2D eigenvalue weighted by Crippen LogP contribution is 2.36. The van der Waals surface area contributed by atoms with E-state index in [-0.39, 0.29) is 30.7 Å². The molecule has 0 aromatic rings. The fourth-order valence-corrected chi connectivity index (χ4v) is 5.16. The average molecular weight is 495 g/mol. The second kappa shape index (κ2) is 10.9. The molecule has 11 nitrogen and oxygen atoms in total. The van der Waals surface area contributed by atoms with Gasteiger partial charge in [0, 0.05) is 19.9 Å². The zero-order valence-electron chi connectivity index (χ0n) is 20.7. The van der Waals surface area contributed by atoms with Gasteiger partial charge in [-0.15, -0.1) is 0 Å². The minimum atomic E-state index is -1.31. The number of carboxylic acid groups (broad SMARTS) is 1. The van der Waals surface area contributed by atoms with Gasteiger partial charge in [-0.2, -0.15) is 0 Å². The van der Waals surface area contributed by atoms with Gasteiger partial charge in [0.05, 0.1) is 6.10 Å². The topological polar surface area (TPSA) is 165 Å². The first-order valence-electron chi connectivity index (χ1n) is 12.6. The molecule has 3 fully saturated rings. The molecule has 0 radical (unpaired) electrons. The molecule has 11 heteroatoms. The quantitative estimate of drug-likeness (QED) is 0.299. The summed E-state index contributed by atoms with van der Waals surface area (Å²) in [5, 5.41) is 27.7. The lowest BCUT2D eigenvalue weighted by Gasteiger charge is -2.34. The van der Waals surface area contributed by atoms with E-state index in [1.165, 1.54) is 11.8 Å². The molecule has 3 rings (SSSR count). The molecule has 0 bridgehead atoms. The molecule has 196 valence electrons. The number of nitrogens with zero attached hydrogens (tertiary/aromatic N) is 1. The Morgan fingerprint density at radius 2 is 1.63 bits per heavy atom. The smallest absolute Gasteiger partial charge is 0.329 e. The second-order valence-corrected chi connectivity index (χ2v) is 10.6. The maximum atomic E-state index is 13.5. The minimum Gasteiger partial charge on any atom is -0.480 e. The number of aliphatic hydroxyl groups is 1. The maximum absolute atomic E-state index is 13.5. The van der Waals surface area contributed by atoms with Gasteiger partial charge < -0.3 is 31.1 Å². The summed E-state index contributed by atoms with van der Waals surface area (Å²) in [7, 11) is 0. The summed E-state index contributed by atoms with van der Waals surface area (Å²) >= 11 is 0. The first kappa shape index (κ1) is 26.9. The van der Waals surface area contributed by atoms with Gasteiger partial charge >= 0.3 is 5.97 Å². The van der Waals surface area contributed by atoms with E-state index in [4.69, 9.17) is 0 Å². The highest BCUT2D eigenvalue weighted by Gasteiger charge is 2.53. The summed E-state index contributed by atoms with van der Waals surface area (Å²) in [6, 6.07) is -2.76. The number of β-amino-alcohol motifs (C(OH)–C–C–N with tert-alkyl or cyclic N) is 1. The third-order valence-electron chi connectivity index (χ3n) is 7.38. The molecule has 4 atom stereocenters. The number of carbonyl (C=O) groups excluding carboxylic acids is 4. The van der Waals surface area contributed by atoms with Crippen molar-refractivity contribution in [2.45, 2.75) is 102 Å². The van der Waals surface area contributed by atoms with Crippen LogP contribution in [0.2, 0.25) is 0 Å². The number of likely N-dealkylation sites (tertiary alicyclic amines) is 1. The zero-order chi connectivity index (χ0) is 25.9. The van der Waals surface area contributed by atoms with Gasteiger partial charge in [-0.05, 0) is 37.5 Å². The lowest BCUT2D eigenvalue weighted by Crippen LogP contribution is -2.60. The van der Waals surface area contributed by atoms with Gasteiger partial charge in [0.1, 0.15) is 23.7 Å². The molecule has 5 N–H and O–H groups in total. The largest absolute Gasteiger partial charge is 0.480 e. The predicted octanol–water partition coefficient (Wildman–Crippen LogP) is -0.0926. The van der Waals surface area contributed by atoms with E-state index in [2.05, 4.69) is 16.0 Å². The molecule has 1 heterocycles. The average Bonchev–Trinajstić information content (AvgIpc) is 3.48. The van der Waals surface area contributed by atoms with E-state index in [1.54, 1.807) is 13.8 Å². The summed E-state index contributed by atoms with van der Waals surface area (Å²) in [5.41, 5.74) is -1.31. The summed E-state index contributed by atoms with van der Waals surface area (Å²) in [5.74, 6) is -3.38. The van der Waals surface area contributed by atoms with E-state index in [0.717, 1.165) is 32.1 Å². The van der Waals surface area contributed by atoms with Crippen LogP contribution in [0.15, 0.2) is 0 Å². The van der Waals surface area contributed by atoms with Crippen LogP contribution in [0, 0.1) is 11.8 Å². The van der Waals surface area contributed by atoms with Crippen LogP contribution in [-0.4, -0.2) is 81.0 Å². The van der Waals surface area contributed by atoms with E-state index >= 15 is 0 Å². The van der Waals surface area contributed by atoms with Crippen molar-refractivity contribution < 1.29 is 34.2 Å². The summed E-state index contributed by atoms with van der Waals surface area (Å²) in [6.45, 7) is 4.80. The van der Waals surface area contributed by atoms with Crippen molar-refractivity contribution in [3.8, 4) is 0 Å². The highest BCUT2D eigenvalue weighted by molar-refractivity contribution is 5.96. The van der Waals surface area contributed by atoms with Crippen molar-refractivity contribution in [3.63, 3.8) is 0 Å². The number of carbonyl (C=O) groups is 5. The molecule has 1 aliphatic heterocycles. The second-order valence-electron chi connectivity index (χ2n) is 10.6. The molecule has 35 heavy (non-hydrogen) atoms. The standard InChI is InChI=1S/C24H38N4O7/c1-13(2)18(26-21(32)19(25-14(3)29)15-7-5-4-6-8-15)22(33)28-12-16(30)11-17(28)20(31)27-24(9-10-24)23(34)35/h13,15-19,30H,4-12H2,1-3H3,(H,25,29)(H,26,32)(H,27,31)(H,34,35)/t16-,17+,18+,19+/m1/s1. The first-order chi connectivity index (χ1) is 16.4. The van der Waals surface area contributed by atoms with Crippen LogP contribution in [0.25, 0.3) is 0 Å². The maximum Gasteiger partial charge on any atom is 0.329 e. The number of hydrogen-bond donors (Lipinski definition) is 5. The Morgan fingerprint density at radius 3 is 2.14 bits per heavy atom. The zero-order valence-corrected chi connectivity index (χ0v) is 20.7. The Labute approximate surface area is 205 Å². The molecular formula is C24H38N4O7. The summed E-state index contributed by atoms with van der Waals surface area (Å²) in [4.78, 5) is 64.2. The van der Waals surface area contributed by atoms with Gasteiger partial charge in [0.25, 0.3) is 0 Å². The lowest BCUT2D eigenvalue weighted by atomic mass is 9.83. The van der Waals surface area contributed by atoms with Crippen LogP contribution in [0.3, 0.4) is 0 Å². The minimum absolute atomic E-state index is 0.0113. The number of hydrogen-bond acceptors (Lipinski definition) is 6. The van der Waals surface area contributed by atoms with Crippen LogP contribution in [0.4, 0.5) is 0 Å². The molecule has 0 aromatic heterocycles. The van der Waals surface area contributed by atoms with E-state index < -0.39 is 53.5 Å². The molecule has 2 saturated carbocycles. The number of aliphatic hydroxyl groups excluding tert-OH is 1. The molecule has 4 amide bonds. The van der Waals surface area contributed by atoms with Crippen molar-refractivity contribution >= 4 is 29.6 Å². The SMILES string of the molecule is CC(=O)N[C@H](C(=O)N[C@H](C(=O)N1C[C@H](O)C[C@H]1C(=O)NC1(C(=O)O)CC1)C(C)C)C1CCCCC1. The summed E-state index contributed by atoms with van der Waals surface area (Å²) in [6.07, 6.45) is 4.33. The van der Waals surface area contributed by atoms with Crippen molar-refractivity contribution in [1.82, 2.24) is 20.9 Å². The van der Waals surface area contributed by atoms with Crippen molar-refractivity contribution in [3.05, 3.63) is 0 Å². The third-order valence-corrected chi connectivity index (χ3v) is 7.38. The fourth-order valence-electron chi connectivity index (χ4n) is 5.16. The van der Waals surface area contributed by atoms with Gasteiger partial charge in [-0.25, -0.2) is 4.79 Å². The molecular weight excluding hydrogens is 456 g/mol. The van der Waals surface area contributed by atoms with Gasteiger partial charge in [-0.1, -0.05) is 33.1 Å². The van der Waals surface area contributed by atoms with Crippen LogP contribution in [-0.2, 0) is 24.0 Å². The fraction of sp³-hybridized carbons (Fsp3) is 0.792. The van der Waals surface area contributed by atoms with E-state index in [1.807, 2.05) is 0 Å². The predicted molar refractivity (Wildman–Crippen MR) is 125 cm³/mol. The normalized spacial score (nSPS) is 25.5. The monoisotopic (exact) mass is 494 g/mol. The Morgan fingerprint density at radius 1 is 1.00 bits per heavy atom. The van der Waals surface area contributed by atoms with Crippen LogP contribution >= 0.6 is 0 Å². The van der Waals surface area contributed by atoms with Crippen molar-refractivity contribution in [2.24, 2.45) is 11.8 Å². The van der Waals surface area contributed by atoms with Gasteiger partial charge in [-0.3, -0.25) is 19.2 Å².